The second-order valence-electron chi connectivity index (χ2n) is 2.51. The van der Waals surface area contributed by atoms with E-state index in [1.54, 1.807) is 6.07 Å². The number of hydrogen-bond acceptors (Lipinski definition) is 2. The summed E-state index contributed by atoms with van der Waals surface area (Å²) in [6, 6.07) is 9.60. The fourth-order valence-corrected chi connectivity index (χ4v) is 1.22. The molecule has 3 heteroatoms. The van der Waals surface area contributed by atoms with Crippen molar-refractivity contribution in [3.63, 3.8) is 0 Å². The van der Waals surface area contributed by atoms with Gasteiger partial charge in [-0.05, 0) is 11.6 Å². The molecule has 2 nitrogen and oxygen atoms in total. The zero-order valence-corrected chi connectivity index (χ0v) is 8.75. The first-order valence-corrected chi connectivity index (χ1v) is 5.12. The van der Waals surface area contributed by atoms with E-state index in [9.17, 15) is 0 Å². The Labute approximate surface area is 86.3 Å². The summed E-state index contributed by atoms with van der Waals surface area (Å²) < 4.78 is 5.31. The molecule has 0 fully saturated rings. The molecule has 1 aromatic rings. The molecule has 0 atom stereocenters. The first kappa shape index (κ1) is 10.2. The summed E-state index contributed by atoms with van der Waals surface area (Å²) in [5.41, 5.74) is 1.64. The number of nitrogens with zero attached hydrogens (tertiary/aromatic N) is 1. The zero-order valence-electron chi connectivity index (χ0n) is 7.16. The highest BCUT2D eigenvalue weighted by atomic mass is 79.9. The highest BCUT2D eigenvalue weighted by Crippen LogP contribution is 2.08. The molecular weight excluding hydrogens is 230 g/mol. The van der Waals surface area contributed by atoms with Crippen molar-refractivity contribution in [1.29, 1.82) is 5.26 Å². The lowest BCUT2D eigenvalue weighted by Gasteiger charge is -2.03. The van der Waals surface area contributed by atoms with Gasteiger partial charge < -0.3 is 4.74 Å². The minimum atomic E-state index is 0.509. The normalized spacial score (nSPS) is 9.54. The smallest absolute Gasteiger partial charge is 0.0995 e. The quantitative estimate of drug-likeness (QED) is 0.598. The van der Waals surface area contributed by atoms with Crippen molar-refractivity contribution >= 4 is 15.9 Å². The van der Waals surface area contributed by atoms with E-state index in [1.807, 2.05) is 18.2 Å². The van der Waals surface area contributed by atoms with Crippen LogP contribution in [-0.4, -0.2) is 11.9 Å². The lowest BCUT2D eigenvalue weighted by molar-refractivity contribution is 0.137. The third-order valence-corrected chi connectivity index (χ3v) is 1.94. The molecule has 0 aliphatic heterocycles. The van der Waals surface area contributed by atoms with Gasteiger partial charge in [0.05, 0.1) is 24.8 Å². The van der Waals surface area contributed by atoms with Gasteiger partial charge in [-0.3, -0.25) is 0 Å². The first-order chi connectivity index (χ1) is 6.38. The molecule has 0 aliphatic carbocycles. The Morgan fingerprint density at radius 3 is 2.85 bits per heavy atom. The lowest BCUT2D eigenvalue weighted by atomic mass is 10.1. The van der Waals surface area contributed by atoms with Gasteiger partial charge in [0.15, 0.2) is 0 Å². The minimum Gasteiger partial charge on any atom is -0.376 e. The van der Waals surface area contributed by atoms with Crippen LogP contribution in [0.3, 0.4) is 0 Å². The van der Waals surface area contributed by atoms with Gasteiger partial charge in [0.1, 0.15) is 0 Å². The van der Waals surface area contributed by atoms with Crippen molar-refractivity contribution in [3.8, 4) is 6.07 Å². The van der Waals surface area contributed by atoms with Crippen LogP contribution in [0.25, 0.3) is 0 Å². The third-order valence-electron chi connectivity index (χ3n) is 1.62. The second kappa shape index (κ2) is 5.74. The molecule has 0 spiro atoms. The summed E-state index contributed by atoms with van der Waals surface area (Å²) in [6.07, 6.45) is 0. The second-order valence-corrected chi connectivity index (χ2v) is 3.30. The third kappa shape index (κ3) is 3.17. The van der Waals surface area contributed by atoms with Gasteiger partial charge in [0, 0.05) is 5.33 Å². The van der Waals surface area contributed by atoms with Crippen molar-refractivity contribution < 1.29 is 4.74 Å². The molecule has 0 unspecified atom stereocenters. The van der Waals surface area contributed by atoms with Crippen molar-refractivity contribution in [2.45, 2.75) is 6.61 Å². The zero-order chi connectivity index (χ0) is 9.52. The number of rotatable bonds is 4. The molecule has 0 radical (unpaired) electrons. The summed E-state index contributed by atoms with van der Waals surface area (Å²) in [4.78, 5) is 0. The highest BCUT2D eigenvalue weighted by Gasteiger charge is 1.99. The molecule has 1 aromatic carbocycles. The Kier molecular flexibility index (Phi) is 4.52. The standard InChI is InChI=1S/C10H10BrNO/c11-5-6-13-8-10-4-2-1-3-9(10)7-12/h1-4H,5-6,8H2. The van der Waals surface area contributed by atoms with E-state index in [0.717, 1.165) is 10.9 Å². The number of halogens is 1. The van der Waals surface area contributed by atoms with Gasteiger partial charge in [-0.25, -0.2) is 0 Å². The van der Waals surface area contributed by atoms with E-state index in [1.165, 1.54) is 0 Å². The molecule has 0 bridgehead atoms. The fraction of sp³-hybridized carbons (Fsp3) is 0.300. The highest BCUT2D eigenvalue weighted by molar-refractivity contribution is 9.09. The molecule has 68 valence electrons. The first-order valence-electron chi connectivity index (χ1n) is 4.00. The molecule has 0 heterocycles. The molecule has 0 aromatic heterocycles. The Hall–Kier alpha value is -0.850. The van der Waals surface area contributed by atoms with Gasteiger partial charge in [-0.2, -0.15) is 5.26 Å². The van der Waals surface area contributed by atoms with Crippen LogP contribution < -0.4 is 0 Å². The van der Waals surface area contributed by atoms with Crippen LogP contribution >= 0.6 is 15.9 Å². The van der Waals surface area contributed by atoms with Crippen molar-refractivity contribution in [2.24, 2.45) is 0 Å². The summed E-state index contributed by atoms with van der Waals surface area (Å²) >= 11 is 3.27. The van der Waals surface area contributed by atoms with E-state index in [4.69, 9.17) is 10.00 Å². The Morgan fingerprint density at radius 1 is 1.38 bits per heavy atom. The monoisotopic (exact) mass is 239 g/mol. The molecule has 13 heavy (non-hydrogen) atoms. The van der Waals surface area contributed by atoms with Gasteiger partial charge in [0.25, 0.3) is 0 Å². The van der Waals surface area contributed by atoms with Crippen LogP contribution in [0, 0.1) is 11.3 Å². The fourth-order valence-electron chi connectivity index (χ4n) is 0.992. The Bertz CT molecular complexity index is 306. The molecule has 0 saturated carbocycles. The number of ether oxygens (including phenoxy) is 1. The predicted molar refractivity (Wildman–Crippen MR) is 54.6 cm³/mol. The summed E-state index contributed by atoms with van der Waals surface area (Å²) in [5, 5.41) is 9.58. The van der Waals surface area contributed by atoms with E-state index >= 15 is 0 Å². The average Bonchev–Trinajstić information content (AvgIpc) is 2.19. The molecule has 0 saturated heterocycles. The van der Waals surface area contributed by atoms with Crippen LogP contribution in [0.1, 0.15) is 11.1 Å². The van der Waals surface area contributed by atoms with Crippen LogP contribution in [0.15, 0.2) is 24.3 Å². The van der Waals surface area contributed by atoms with E-state index in [0.29, 0.717) is 18.8 Å². The average molecular weight is 240 g/mol. The van der Waals surface area contributed by atoms with Crippen LogP contribution in [0.5, 0.6) is 0 Å². The molecule has 0 amide bonds. The van der Waals surface area contributed by atoms with E-state index in [2.05, 4.69) is 22.0 Å². The number of benzene rings is 1. The topological polar surface area (TPSA) is 33.0 Å². The number of alkyl halides is 1. The summed E-state index contributed by atoms with van der Waals surface area (Å²) in [7, 11) is 0. The maximum absolute atomic E-state index is 8.76. The van der Waals surface area contributed by atoms with Crippen LogP contribution in [0.2, 0.25) is 0 Å². The van der Waals surface area contributed by atoms with Gasteiger partial charge in [-0.15, -0.1) is 0 Å². The van der Waals surface area contributed by atoms with Gasteiger partial charge in [-0.1, -0.05) is 34.1 Å². The summed E-state index contributed by atoms with van der Waals surface area (Å²) in [5.74, 6) is 0. The van der Waals surface area contributed by atoms with Crippen LogP contribution in [-0.2, 0) is 11.3 Å². The van der Waals surface area contributed by atoms with Crippen molar-refractivity contribution in [2.75, 3.05) is 11.9 Å². The maximum Gasteiger partial charge on any atom is 0.0995 e. The van der Waals surface area contributed by atoms with Gasteiger partial charge in [0.2, 0.25) is 0 Å². The number of hydrogen-bond donors (Lipinski definition) is 0. The van der Waals surface area contributed by atoms with Crippen LogP contribution in [0.4, 0.5) is 0 Å². The van der Waals surface area contributed by atoms with Gasteiger partial charge >= 0.3 is 0 Å². The van der Waals surface area contributed by atoms with Crippen molar-refractivity contribution in [3.05, 3.63) is 35.4 Å². The number of nitriles is 1. The maximum atomic E-state index is 8.76. The predicted octanol–water partition coefficient (Wildman–Crippen LogP) is 2.47. The van der Waals surface area contributed by atoms with E-state index < -0.39 is 0 Å². The molecule has 0 aliphatic rings. The van der Waals surface area contributed by atoms with Crippen molar-refractivity contribution in [1.82, 2.24) is 0 Å². The SMILES string of the molecule is N#Cc1ccccc1COCCBr. The summed E-state index contributed by atoms with van der Waals surface area (Å²) in [6.45, 7) is 1.18. The molecule has 1 rings (SSSR count). The minimum absolute atomic E-state index is 0.509. The Morgan fingerprint density at radius 2 is 2.15 bits per heavy atom. The van der Waals surface area contributed by atoms with E-state index in [-0.39, 0.29) is 0 Å². The Balaban J connectivity index is 2.60. The lowest BCUT2D eigenvalue weighted by Crippen LogP contribution is -1.97. The molecule has 0 N–H and O–H groups in total. The molecular formula is C10H10BrNO. The largest absolute Gasteiger partial charge is 0.376 e.